The molecule has 1 fully saturated rings. The van der Waals surface area contributed by atoms with Crippen LogP contribution in [-0.2, 0) is 25.1 Å². The van der Waals surface area contributed by atoms with E-state index in [2.05, 4.69) is 55.1 Å². The highest BCUT2D eigenvalue weighted by Gasteiger charge is 2.36. The van der Waals surface area contributed by atoms with E-state index >= 15 is 0 Å². The number of likely N-dealkylation sites (tertiary alicyclic amines) is 1. The summed E-state index contributed by atoms with van der Waals surface area (Å²) in [6, 6.07) is -0.139. The summed E-state index contributed by atoms with van der Waals surface area (Å²) < 4.78 is 30.0. The standard InChI is InChI=1S/C45H77NO7P.CH4O/c1-32(2)18-15-19-33(3)20-16-21-34(4)22-17-27-45(8)28-25-40-37(7)43(35(5)36(6)44(40)53-45)52-42(49)24-14-12-11-13-23-41(48)46-31-39(47)30-38(46)26-29-54(10,50)51-9;1-2/h32-34,38-39,47H,10-31H2,1-9H3;2H,1H3/q-1;/t33-,34-,38?,39-,45-,54?;/m1./s1. The normalized spacial score (nSPS) is 21.4. The molecule has 0 radical (unpaired) electrons. The number of aliphatic hydroxyl groups is 2. The summed E-state index contributed by atoms with van der Waals surface area (Å²) in [4.78, 5) is 27.7. The number of unbranched alkanes of at least 4 members (excludes halogenated alkanes) is 3. The molecule has 1 amide bonds. The maximum Gasteiger partial charge on any atom is 0.311 e. The van der Waals surface area contributed by atoms with E-state index in [1.807, 2.05) is 6.92 Å². The van der Waals surface area contributed by atoms with E-state index in [1.54, 1.807) is 4.90 Å². The van der Waals surface area contributed by atoms with Gasteiger partial charge in [-0.3, -0.25) is 16.3 Å². The van der Waals surface area contributed by atoms with Crippen molar-refractivity contribution in [2.75, 3.05) is 26.9 Å². The van der Waals surface area contributed by atoms with E-state index < -0.39 is 13.5 Å². The van der Waals surface area contributed by atoms with Gasteiger partial charge < -0.3 is 33.7 Å². The fraction of sp³-hybridized carbons (Fsp3) is 0.804. The number of esters is 1. The van der Waals surface area contributed by atoms with E-state index in [4.69, 9.17) is 19.1 Å². The number of hydrogen-bond donors (Lipinski definition) is 2. The number of nitrogens with zero attached hydrogens (tertiary/aromatic N) is 1. The highest BCUT2D eigenvalue weighted by Crippen LogP contribution is 2.46. The second kappa shape index (κ2) is 24.9. The maximum atomic E-state index is 13.0. The Balaban J connectivity index is 0.00000532. The molecule has 0 aliphatic carbocycles. The van der Waals surface area contributed by atoms with Gasteiger partial charge in [-0.25, -0.2) is 0 Å². The van der Waals surface area contributed by atoms with Crippen LogP contribution in [0.2, 0.25) is 0 Å². The van der Waals surface area contributed by atoms with Gasteiger partial charge in [-0.1, -0.05) is 85.5 Å². The van der Waals surface area contributed by atoms with Crippen LogP contribution in [0.15, 0.2) is 0 Å². The van der Waals surface area contributed by atoms with Crippen LogP contribution in [0.25, 0.3) is 0 Å². The third kappa shape index (κ3) is 16.7. The van der Waals surface area contributed by atoms with Gasteiger partial charge in [0.25, 0.3) is 0 Å². The van der Waals surface area contributed by atoms with Crippen LogP contribution in [0.3, 0.4) is 0 Å². The summed E-state index contributed by atoms with van der Waals surface area (Å²) in [6.07, 6.45) is 18.0. The topological polar surface area (TPSA) is 123 Å². The molecule has 2 unspecified atom stereocenters. The predicted octanol–water partition coefficient (Wildman–Crippen LogP) is 11.1. The Morgan fingerprint density at radius 2 is 1.48 bits per heavy atom. The van der Waals surface area contributed by atoms with Gasteiger partial charge in [0.1, 0.15) is 17.1 Å². The van der Waals surface area contributed by atoms with Crippen molar-refractivity contribution in [3.63, 3.8) is 0 Å². The predicted molar refractivity (Wildman–Crippen MR) is 230 cm³/mol. The first-order chi connectivity index (χ1) is 26.4. The van der Waals surface area contributed by atoms with Crippen LogP contribution in [0.1, 0.15) is 172 Å². The summed E-state index contributed by atoms with van der Waals surface area (Å²) in [5.74, 6) is 3.86. The second-order valence-electron chi connectivity index (χ2n) is 17.9. The van der Waals surface area contributed by atoms with E-state index in [1.165, 1.54) is 64.0 Å². The number of hydrogen-bond acceptors (Lipinski definition) is 8. The molecule has 10 heteroatoms. The SMILES string of the molecule is CO.[CH2-]P(=O)(CCC1C[C@@H](O)CN1C(=O)CCCCCCC(=O)Oc1c(C)c(C)c2c(c1C)CC[C@@](C)(CCC[C@H](C)CCC[C@H](C)CCCC(C)C)O2)OC. The van der Waals surface area contributed by atoms with Crippen LogP contribution < -0.4 is 9.47 Å². The van der Waals surface area contributed by atoms with Gasteiger partial charge >= 0.3 is 5.97 Å². The molecular formula is C46H81NO8P-. The van der Waals surface area contributed by atoms with Crippen molar-refractivity contribution in [2.24, 2.45) is 17.8 Å². The maximum absolute atomic E-state index is 13.0. The summed E-state index contributed by atoms with van der Waals surface area (Å²) in [7, 11) is -0.523. The Morgan fingerprint density at radius 1 is 0.893 bits per heavy atom. The van der Waals surface area contributed by atoms with Gasteiger partial charge in [0.2, 0.25) is 5.91 Å². The molecule has 9 nitrogen and oxygen atoms in total. The van der Waals surface area contributed by atoms with Crippen LogP contribution in [0.5, 0.6) is 11.5 Å². The average molecular weight is 807 g/mol. The number of carbonyl (C=O) groups excluding carboxylic acids is 2. The number of benzene rings is 1. The first-order valence-electron chi connectivity index (χ1n) is 21.9. The molecule has 0 bridgehead atoms. The number of ether oxygens (including phenoxy) is 2. The monoisotopic (exact) mass is 807 g/mol. The van der Waals surface area contributed by atoms with E-state index in [9.17, 15) is 19.3 Å². The van der Waals surface area contributed by atoms with Gasteiger partial charge in [-0.15, -0.1) is 0 Å². The van der Waals surface area contributed by atoms with Gasteiger partial charge in [-0.05, 0) is 120 Å². The average Bonchev–Trinajstić information content (AvgIpc) is 3.54. The van der Waals surface area contributed by atoms with Crippen molar-refractivity contribution in [3.8, 4) is 11.5 Å². The zero-order valence-corrected chi connectivity index (χ0v) is 38.1. The molecule has 1 aromatic rings. The first kappa shape index (κ1) is 50.2. The van der Waals surface area contributed by atoms with Gasteiger partial charge in [0, 0.05) is 45.2 Å². The fourth-order valence-corrected chi connectivity index (χ4v) is 9.40. The minimum Gasteiger partial charge on any atom is -0.487 e. The Hall–Kier alpha value is -1.93. The summed E-state index contributed by atoms with van der Waals surface area (Å²) in [5.41, 5.74) is 4.05. The molecule has 2 N–H and O–H groups in total. The minimum absolute atomic E-state index is 0.0125. The van der Waals surface area contributed by atoms with Crippen molar-refractivity contribution in [3.05, 3.63) is 28.9 Å². The molecule has 3 rings (SSSR count). The number of fused-ring (bicyclic) bond motifs is 1. The minimum atomic E-state index is -2.91. The molecule has 0 spiro atoms. The number of aliphatic hydroxyl groups excluding tert-OH is 2. The van der Waals surface area contributed by atoms with Gasteiger partial charge in [0.05, 0.1) is 13.5 Å². The molecular weight excluding hydrogens is 725 g/mol. The summed E-state index contributed by atoms with van der Waals surface area (Å²) >= 11 is 0. The van der Waals surface area contributed by atoms with Crippen LogP contribution in [0, 0.1) is 45.2 Å². The molecule has 2 aliphatic heterocycles. The number of rotatable bonds is 24. The zero-order chi connectivity index (χ0) is 42.1. The third-order valence-electron chi connectivity index (χ3n) is 12.4. The van der Waals surface area contributed by atoms with Crippen LogP contribution >= 0.6 is 7.37 Å². The fourth-order valence-electron chi connectivity index (χ4n) is 8.53. The summed E-state index contributed by atoms with van der Waals surface area (Å²) in [5, 5.41) is 17.2. The highest BCUT2D eigenvalue weighted by atomic mass is 31.2. The number of amides is 1. The van der Waals surface area contributed by atoms with Crippen molar-refractivity contribution >= 4 is 19.2 Å². The molecule has 1 saturated heterocycles. The largest absolute Gasteiger partial charge is 0.487 e. The smallest absolute Gasteiger partial charge is 0.311 e. The molecule has 324 valence electrons. The lowest BCUT2D eigenvalue weighted by atomic mass is 9.83. The number of β-amino-alcohol motifs (C(OH)–C–C–N with tert-alkyl or cyclic N) is 1. The van der Waals surface area contributed by atoms with E-state index in [0.717, 1.165) is 85.8 Å². The first-order valence-corrected chi connectivity index (χ1v) is 23.9. The lowest BCUT2D eigenvalue weighted by Crippen LogP contribution is -2.37. The molecule has 2 heterocycles. The Labute approximate surface area is 341 Å². The Kier molecular flexibility index (Phi) is 22.3. The van der Waals surface area contributed by atoms with Crippen LogP contribution in [-0.4, -0.2) is 71.7 Å². The van der Waals surface area contributed by atoms with Crippen LogP contribution in [0.4, 0.5) is 0 Å². The van der Waals surface area contributed by atoms with Crippen molar-refractivity contribution in [1.29, 1.82) is 0 Å². The third-order valence-corrected chi connectivity index (χ3v) is 14.0. The molecule has 6 atom stereocenters. The molecule has 56 heavy (non-hydrogen) atoms. The Morgan fingerprint density at radius 3 is 2.09 bits per heavy atom. The second-order valence-corrected chi connectivity index (χ2v) is 20.4. The molecule has 1 aromatic carbocycles. The molecule has 0 saturated carbocycles. The van der Waals surface area contributed by atoms with Gasteiger partial charge in [0.15, 0.2) is 0 Å². The lowest BCUT2D eigenvalue weighted by molar-refractivity contribution is -0.135. The number of carbonyl (C=O) groups is 2. The lowest BCUT2D eigenvalue weighted by Gasteiger charge is -2.38. The highest BCUT2D eigenvalue weighted by molar-refractivity contribution is 7.60. The van der Waals surface area contributed by atoms with Crippen molar-refractivity contribution < 1.29 is 38.4 Å². The van der Waals surface area contributed by atoms with Crippen molar-refractivity contribution in [2.45, 2.75) is 195 Å². The Bertz CT molecular complexity index is 1400. The van der Waals surface area contributed by atoms with Gasteiger partial charge in [-0.2, -0.15) is 0 Å². The summed E-state index contributed by atoms with van der Waals surface area (Å²) in [6.45, 7) is 21.9. The quantitative estimate of drug-likeness (QED) is 0.0348. The molecule has 0 aromatic heterocycles. The van der Waals surface area contributed by atoms with E-state index in [0.29, 0.717) is 44.4 Å². The van der Waals surface area contributed by atoms with Crippen molar-refractivity contribution in [1.82, 2.24) is 4.90 Å². The molecule has 2 aliphatic rings. The van der Waals surface area contributed by atoms with E-state index in [-0.39, 0.29) is 29.7 Å². The zero-order valence-electron chi connectivity index (χ0n) is 37.2.